The molecule has 1 atom stereocenters. The summed E-state index contributed by atoms with van der Waals surface area (Å²) >= 11 is 5.76. The number of β-amino-alcohol motifs (C(OH)–C–C–N with tert-alkyl or cyclic N) is 1. The maximum atomic E-state index is 9.07. The molecular weight excluding hydrogens is 318 g/mol. The molecule has 0 aromatic heterocycles. The molecule has 5 rings (SSSR count). The molecule has 4 saturated carbocycles. The van der Waals surface area contributed by atoms with Crippen molar-refractivity contribution in [1.29, 1.82) is 0 Å². The summed E-state index contributed by atoms with van der Waals surface area (Å²) in [5.74, 6) is 2.99. The van der Waals surface area contributed by atoms with Crippen molar-refractivity contribution < 1.29 is 5.11 Å². The Kier molecular flexibility index (Phi) is 4.78. The number of nitrogens with one attached hydrogen (secondary N) is 1. The molecule has 0 aromatic carbocycles. The van der Waals surface area contributed by atoms with Crippen LogP contribution in [-0.4, -0.2) is 65.4 Å². The Balaban J connectivity index is 1.33. The maximum Gasteiger partial charge on any atom is 0.169 e. The van der Waals surface area contributed by atoms with Gasteiger partial charge >= 0.3 is 0 Å². The van der Waals surface area contributed by atoms with Crippen molar-refractivity contribution in [3.8, 4) is 0 Å². The highest BCUT2D eigenvalue weighted by Gasteiger charge is 2.53. The van der Waals surface area contributed by atoms with E-state index in [1.165, 1.54) is 38.5 Å². The van der Waals surface area contributed by atoms with E-state index in [0.29, 0.717) is 11.5 Å². The highest BCUT2D eigenvalue weighted by Crippen LogP contribution is 2.61. The van der Waals surface area contributed by atoms with Gasteiger partial charge in [0, 0.05) is 38.8 Å². The van der Waals surface area contributed by atoms with Crippen LogP contribution in [0.25, 0.3) is 0 Å². The normalized spacial score (nSPS) is 39.9. The quantitative estimate of drug-likeness (QED) is 0.759. The standard InChI is InChI=1S/C19H33N3OS/c1-14(19-11-15-8-16(12-19)10-17(9-15)13-19)20-18(24)22-4-2-21(3-5-22)6-7-23/h14-17,23H,2-13H2,1H3,(H,20,24)/t14-,15?,16?,17?,19?/m1/s1. The first-order valence-corrected chi connectivity index (χ1v) is 10.4. The second-order valence-corrected chi connectivity index (χ2v) is 9.39. The van der Waals surface area contributed by atoms with E-state index in [0.717, 1.165) is 55.6 Å². The van der Waals surface area contributed by atoms with Crippen LogP contribution in [-0.2, 0) is 0 Å². The monoisotopic (exact) mass is 351 g/mol. The van der Waals surface area contributed by atoms with Gasteiger partial charge in [-0.25, -0.2) is 0 Å². The van der Waals surface area contributed by atoms with Crippen molar-refractivity contribution in [3.05, 3.63) is 0 Å². The highest BCUT2D eigenvalue weighted by molar-refractivity contribution is 7.80. The number of hydrogen-bond donors (Lipinski definition) is 2. The molecule has 136 valence electrons. The van der Waals surface area contributed by atoms with Crippen molar-refractivity contribution in [2.24, 2.45) is 23.2 Å². The van der Waals surface area contributed by atoms with Crippen LogP contribution < -0.4 is 5.32 Å². The van der Waals surface area contributed by atoms with E-state index in [1.807, 2.05) is 0 Å². The predicted octanol–water partition coefficient (Wildman–Crippen LogP) is 2.08. The average molecular weight is 352 g/mol. The second kappa shape index (κ2) is 6.73. The van der Waals surface area contributed by atoms with Gasteiger partial charge in [0.1, 0.15) is 0 Å². The Bertz CT molecular complexity index is 440. The molecular formula is C19H33N3OS. The van der Waals surface area contributed by atoms with Gasteiger partial charge in [0.05, 0.1) is 6.61 Å². The van der Waals surface area contributed by atoms with E-state index in [2.05, 4.69) is 22.0 Å². The summed E-state index contributed by atoms with van der Waals surface area (Å²) in [6.45, 7) is 7.42. The maximum absolute atomic E-state index is 9.07. The van der Waals surface area contributed by atoms with Crippen LogP contribution in [0.2, 0.25) is 0 Å². The third-order valence-corrected chi connectivity index (χ3v) is 7.80. The molecule has 5 aliphatic rings. The Morgan fingerprint density at radius 2 is 1.62 bits per heavy atom. The molecule has 1 aliphatic heterocycles. The molecule has 5 heteroatoms. The number of aliphatic hydroxyl groups is 1. The summed E-state index contributed by atoms with van der Waals surface area (Å²) in [5.41, 5.74) is 0.511. The fourth-order valence-corrected chi connectivity index (χ4v) is 6.81. The summed E-state index contributed by atoms with van der Waals surface area (Å²) in [4.78, 5) is 4.65. The van der Waals surface area contributed by atoms with E-state index in [9.17, 15) is 0 Å². The second-order valence-electron chi connectivity index (χ2n) is 9.00. The number of piperazine rings is 1. The fraction of sp³-hybridized carbons (Fsp3) is 0.947. The van der Waals surface area contributed by atoms with Crippen LogP contribution in [0.5, 0.6) is 0 Å². The molecule has 0 spiro atoms. The lowest BCUT2D eigenvalue weighted by molar-refractivity contribution is -0.0676. The zero-order valence-corrected chi connectivity index (χ0v) is 15.9. The third kappa shape index (κ3) is 3.19. The molecule has 4 aliphatic carbocycles. The molecule has 0 amide bonds. The molecule has 4 nitrogen and oxygen atoms in total. The first kappa shape index (κ1) is 17.0. The lowest BCUT2D eigenvalue weighted by Gasteiger charge is -2.59. The van der Waals surface area contributed by atoms with Crippen molar-refractivity contribution >= 4 is 17.3 Å². The SMILES string of the molecule is C[C@@H](NC(=S)N1CCN(CCO)CC1)C12CC3CC(CC(C3)C1)C2. The molecule has 1 heterocycles. The van der Waals surface area contributed by atoms with Gasteiger partial charge in [0.15, 0.2) is 5.11 Å². The summed E-state index contributed by atoms with van der Waals surface area (Å²) in [5, 5.41) is 13.8. The lowest BCUT2D eigenvalue weighted by Crippen LogP contribution is -2.59. The summed E-state index contributed by atoms with van der Waals surface area (Å²) in [7, 11) is 0. The molecule has 24 heavy (non-hydrogen) atoms. The smallest absolute Gasteiger partial charge is 0.169 e. The van der Waals surface area contributed by atoms with Crippen molar-refractivity contribution in [3.63, 3.8) is 0 Å². The zero-order valence-electron chi connectivity index (χ0n) is 15.0. The zero-order chi connectivity index (χ0) is 16.7. The Morgan fingerprint density at radius 3 is 2.12 bits per heavy atom. The van der Waals surface area contributed by atoms with Crippen LogP contribution in [0.1, 0.15) is 45.4 Å². The van der Waals surface area contributed by atoms with E-state index in [1.54, 1.807) is 0 Å². The first-order chi connectivity index (χ1) is 11.6. The largest absolute Gasteiger partial charge is 0.395 e. The fourth-order valence-electron chi connectivity index (χ4n) is 6.45. The summed E-state index contributed by atoms with van der Waals surface area (Å²) in [6.07, 6.45) is 8.80. The van der Waals surface area contributed by atoms with Crippen molar-refractivity contribution in [1.82, 2.24) is 15.1 Å². The average Bonchev–Trinajstić information content (AvgIpc) is 2.54. The molecule has 2 N–H and O–H groups in total. The topological polar surface area (TPSA) is 38.7 Å². The van der Waals surface area contributed by atoms with Gasteiger partial charge in [0.2, 0.25) is 0 Å². The molecule has 1 saturated heterocycles. The summed E-state index contributed by atoms with van der Waals surface area (Å²) < 4.78 is 0. The van der Waals surface area contributed by atoms with Crippen LogP contribution in [0.3, 0.4) is 0 Å². The van der Waals surface area contributed by atoms with Crippen LogP contribution >= 0.6 is 12.2 Å². The number of thiocarbonyl (C=S) groups is 1. The van der Waals surface area contributed by atoms with Gasteiger partial charge < -0.3 is 15.3 Å². The molecule has 0 radical (unpaired) electrons. The van der Waals surface area contributed by atoms with Crippen LogP contribution in [0.4, 0.5) is 0 Å². The molecule has 0 aromatic rings. The number of rotatable bonds is 4. The van der Waals surface area contributed by atoms with Gasteiger partial charge in [0.25, 0.3) is 0 Å². The Hall–Kier alpha value is -0.390. The van der Waals surface area contributed by atoms with Crippen molar-refractivity contribution in [2.45, 2.75) is 51.5 Å². The third-order valence-electron chi connectivity index (χ3n) is 7.42. The number of aliphatic hydroxyl groups excluding tert-OH is 1. The van der Waals surface area contributed by atoms with Crippen LogP contribution in [0, 0.1) is 23.2 Å². The van der Waals surface area contributed by atoms with Crippen LogP contribution in [0.15, 0.2) is 0 Å². The minimum absolute atomic E-state index is 0.256. The minimum atomic E-state index is 0.256. The first-order valence-electron chi connectivity index (χ1n) is 9.96. The number of hydrogen-bond acceptors (Lipinski definition) is 3. The van der Waals surface area contributed by atoms with E-state index < -0.39 is 0 Å². The van der Waals surface area contributed by atoms with Gasteiger partial charge in [-0.15, -0.1) is 0 Å². The van der Waals surface area contributed by atoms with E-state index in [-0.39, 0.29) is 6.61 Å². The lowest BCUT2D eigenvalue weighted by atomic mass is 9.48. The highest BCUT2D eigenvalue weighted by atomic mass is 32.1. The van der Waals surface area contributed by atoms with Gasteiger partial charge in [-0.2, -0.15) is 0 Å². The Morgan fingerprint density at radius 1 is 1.08 bits per heavy atom. The molecule has 5 fully saturated rings. The number of nitrogens with zero attached hydrogens (tertiary/aromatic N) is 2. The van der Waals surface area contributed by atoms with Gasteiger partial charge in [-0.3, -0.25) is 4.90 Å². The minimum Gasteiger partial charge on any atom is -0.395 e. The predicted molar refractivity (Wildman–Crippen MR) is 101 cm³/mol. The van der Waals surface area contributed by atoms with Crippen molar-refractivity contribution in [2.75, 3.05) is 39.3 Å². The Labute approximate surface area is 152 Å². The van der Waals surface area contributed by atoms with Gasteiger partial charge in [-0.05, 0) is 80.8 Å². The van der Waals surface area contributed by atoms with Gasteiger partial charge in [-0.1, -0.05) is 0 Å². The van der Waals surface area contributed by atoms with E-state index >= 15 is 0 Å². The molecule has 4 bridgehead atoms. The van der Waals surface area contributed by atoms with E-state index in [4.69, 9.17) is 17.3 Å². The summed E-state index contributed by atoms with van der Waals surface area (Å²) in [6, 6.07) is 0.508. The molecule has 0 unspecified atom stereocenters.